The van der Waals surface area contributed by atoms with Crippen LogP contribution < -0.4 is 5.32 Å². The summed E-state index contributed by atoms with van der Waals surface area (Å²) in [6.45, 7) is 12.9. The Bertz CT molecular complexity index is 138. The fraction of sp³-hybridized carbons (Fsp3) is 0.818. The van der Waals surface area contributed by atoms with Gasteiger partial charge in [-0.1, -0.05) is 26.3 Å². The van der Waals surface area contributed by atoms with Crippen molar-refractivity contribution in [1.82, 2.24) is 5.32 Å². The van der Waals surface area contributed by atoms with E-state index in [4.69, 9.17) is 0 Å². The highest BCUT2D eigenvalue weighted by Crippen LogP contribution is 2.18. The lowest BCUT2D eigenvalue weighted by atomic mass is 9.87. The van der Waals surface area contributed by atoms with Crippen molar-refractivity contribution in [3.05, 3.63) is 12.2 Å². The SMILES string of the molecule is C=C(C)CC(NC)C(C)C(C)C. The van der Waals surface area contributed by atoms with E-state index in [0.29, 0.717) is 12.0 Å². The van der Waals surface area contributed by atoms with Crippen molar-refractivity contribution < 1.29 is 0 Å². The van der Waals surface area contributed by atoms with Crippen LogP contribution in [-0.4, -0.2) is 13.1 Å². The van der Waals surface area contributed by atoms with Crippen LogP contribution in [0.4, 0.5) is 0 Å². The molecular weight excluding hydrogens is 146 g/mol. The van der Waals surface area contributed by atoms with Gasteiger partial charge in [0.15, 0.2) is 0 Å². The summed E-state index contributed by atoms with van der Waals surface area (Å²) >= 11 is 0. The average molecular weight is 169 g/mol. The van der Waals surface area contributed by atoms with Crippen LogP contribution in [0, 0.1) is 11.8 Å². The molecule has 0 aliphatic heterocycles. The van der Waals surface area contributed by atoms with Gasteiger partial charge in [-0.25, -0.2) is 0 Å². The van der Waals surface area contributed by atoms with Gasteiger partial charge in [-0.3, -0.25) is 0 Å². The molecule has 1 N–H and O–H groups in total. The highest BCUT2D eigenvalue weighted by molar-refractivity contribution is 4.94. The van der Waals surface area contributed by atoms with Crippen molar-refractivity contribution in [3.63, 3.8) is 0 Å². The normalized spacial score (nSPS) is 16.2. The fourth-order valence-electron chi connectivity index (χ4n) is 1.39. The van der Waals surface area contributed by atoms with Gasteiger partial charge in [-0.2, -0.15) is 0 Å². The fourth-order valence-corrected chi connectivity index (χ4v) is 1.39. The smallest absolute Gasteiger partial charge is 0.0129 e. The number of hydrogen-bond acceptors (Lipinski definition) is 1. The molecule has 0 fully saturated rings. The predicted octanol–water partition coefficient (Wildman–Crippen LogP) is 2.83. The summed E-state index contributed by atoms with van der Waals surface area (Å²) in [7, 11) is 2.03. The first-order chi connectivity index (χ1) is 5.49. The second kappa shape index (κ2) is 5.36. The molecule has 2 unspecified atom stereocenters. The van der Waals surface area contributed by atoms with Gasteiger partial charge < -0.3 is 5.32 Å². The zero-order chi connectivity index (χ0) is 9.72. The Labute approximate surface area is 77.2 Å². The monoisotopic (exact) mass is 169 g/mol. The Morgan fingerprint density at radius 1 is 1.33 bits per heavy atom. The number of hydrogen-bond donors (Lipinski definition) is 1. The lowest BCUT2D eigenvalue weighted by Crippen LogP contribution is -2.34. The molecule has 0 amide bonds. The molecule has 0 spiro atoms. The lowest BCUT2D eigenvalue weighted by Gasteiger charge is -2.26. The van der Waals surface area contributed by atoms with E-state index in [9.17, 15) is 0 Å². The van der Waals surface area contributed by atoms with Gasteiger partial charge in [-0.15, -0.1) is 6.58 Å². The first kappa shape index (κ1) is 11.7. The van der Waals surface area contributed by atoms with E-state index in [1.807, 2.05) is 7.05 Å². The van der Waals surface area contributed by atoms with Crippen LogP contribution in [0.5, 0.6) is 0 Å². The molecular formula is C11H23N. The lowest BCUT2D eigenvalue weighted by molar-refractivity contribution is 0.309. The van der Waals surface area contributed by atoms with Crippen LogP contribution in [0.2, 0.25) is 0 Å². The quantitative estimate of drug-likeness (QED) is 0.624. The number of rotatable bonds is 5. The highest BCUT2D eigenvalue weighted by atomic mass is 14.9. The maximum atomic E-state index is 3.94. The Balaban J connectivity index is 4.04. The zero-order valence-corrected chi connectivity index (χ0v) is 9.15. The Hall–Kier alpha value is -0.300. The first-order valence-corrected chi connectivity index (χ1v) is 4.80. The molecule has 1 nitrogen and oxygen atoms in total. The second-order valence-electron chi connectivity index (χ2n) is 4.16. The van der Waals surface area contributed by atoms with Crippen LogP contribution in [0.1, 0.15) is 34.1 Å². The van der Waals surface area contributed by atoms with Crippen molar-refractivity contribution in [1.29, 1.82) is 0 Å². The minimum Gasteiger partial charge on any atom is -0.316 e. The van der Waals surface area contributed by atoms with Crippen molar-refractivity contribution in [3.8, 4) is 0 Å². The zero-order valence-electron chi connectivity index (χ0n) is 9.15. The van der Waals surface area contributed by atoms with E-state index < -0.39 is 0 Å². The predicted molar refractivity (Wildman–Crippen MR) is 56.3 cm³/mol. The first-order valence-electron chi connectivity index (χ1n) is 4.80. The molecule has 2 atom stereocenters. The van der Waals surface area contributed by atoms with Crippen molar-refractivity contribution in [2.45, 2.75) is 40.2 Å². The molecule has 0 saturated heterocycles. The molecule has 0 aliphatic carbocycles. The van der Waals surface area contributed by atoms with Crippen LogP contribution in [-0.2, 0) is 0 Å². The summed E-state index contributed by atoms with van der Waals surface area (Å²) in [5.74, 6) is 1.45. The standard InChI is InChI=1S/C11H23N/c1-8(2)7-11(12-6)10(5)9(3)4/h9-12H,1,7H2,2-6H3. The van der Waals surface area contributed by atoms with Crippen molar-refractivity contribution in [2.24, 2.45) is 11.8 Å². The van der Waals surface area contributed by atoms with Gasteiger partial charge in [0.1, 0.15) is 0 Å². The van der Waals surface area contributed by atoms with E-state index in [-0.39, 0.29) is 0 Å². The van der Waals surface area contributed by atoms with Gasteiger partial charge in [0.05, 0.1) is 0 Å². The van der Waals surface area contributed by atoms with Gasteiger partial charge in [-0.05, 0) is 32.2 Å². The van der Waals surface area contributed by atoms with Crippen molar-refractivity contribution in [2.75, 3.05) is 7.05 Å². The van der Waals surface area contributed by atoms with E-state index >= 15 is 0 Å². The third-order valence-electron chi connectivity index (χ3n) is 2.63. The molecule has 72 valence electrons. The third-order valence-corrected chi connectivity index (χ3v) is 2.63. The van der Waals surface area contributed by atoms with E-state index in [1.165, 1.54) is 5.57 Å². The summed E-state index contributed by atoms with van der Waals surface area (Å²) < 4.78 is 0. The second-order valence-corrected chi connectivity index (χ2v) is 4.16. The molecule has 12 heavy (non-hydrogen) atoms. The topological polar surface area (TPSA) is 12.0 Å². The summed E-state index contributed by atoms with van der Waals surface area (Å²) in [6, 6.07) is 0.586. The molecule has 0 aromatic rings. The molecule has 0 aromatic heterocycles. The van der Waals surface area contributed by atoms with Gasteiger partial charge in [0.2, 0.25) is 0 Å². The maximum absolute atomic E-state index is 3.94. The molecule has 0 aromatic carbocycles. The molecule has 0 heterocycles. The van der Waals surface area contributed by atoms with E-state index in [1.54, 1.807) is 0 Å². The van der Waals surface area contributed by atoms with E-state index in [2.05, 4.69) is 39.6 Å². The molecule has 1 heteroatoms. The molecule has 0 aliphatic rings. The van der Waals surface area contributed by atoms with Crippen molar-refractivity contribution >= 4 is 0 Å². The Morgan fingerprint density at radius 3 is 2.08 bits per heavy atom. The minimum atomic E-state index is 0.586. The van der Waals surface area contributed by atoms with Crippen LogP contribution >= 0.6 is 0 Å². The van der Waals surface area contributed by atoms with E-state index in [0.717, 1.165) is 12.3 Å². The highest BCUT2D eigenvalue weighted by Gasteiger charge is 2.17. The molecule has 0 bridgehead atoms. The summed E-state index contributed by atoms with van der Waals surface area (Å²) in [5, 5.41) is 3.35. The molecule has 0 rings (SSSR count). The largest absolute Gasteiger partial charge is 0.316 e. The Morgan fingerprint density at radius 2 is 1.83 bits per heavy atom. The summed E-state index contributed by atoms with van der Waals surface area (Å²) in [4.78, 5) is 0. The Kier molecular flexibility index (Phi) is 5.23. The third kappa shape index (κ3) is 3.91. The summed E-state index contributed by atoms with van der Waals surface area (Å²) in [6.07, 6.45) is 1.09. The average Bonchev–Trinajstić information content (AvgIpc) is 1.98. The van der Waals surface area contributed by atoms with Crippen LogP contribution in [0.3, 0.4) is 0 Å². The van der Waals surface area contributed by atoms with Crippen LogP contribution in [0.25, 0.3) is 0 Å². The number of nitrogens with one attached hydrogen (secondary N) is 1. The van der Waals surface area contributed by atoms with Gasteiger partial charge in [0, 0.05) is 6.04 Å². The minimum absolute atomic E-state index is 0.586. The van der Waals surface area contributed by atoms with Gasteiger partial charge >= 0.3 is 0 Å². The van der Waals surface area contributed by atoms with Gasteiger partial charge in [0.25, 0.3) is 0 Å². The van der Waals surface area contributed by atoms with Crippen LogP contribution in [0.15, 0.2) is 12.2 Å². The maximum Gasteiger partial charge on any atom is 0.0129 e. The summed E-state index contributed by atoms with van der Waals surface area (Å²) in [5.41, 5.74) is 1.27. The molecule has 0 radical (unpaired) electrons. The molecule has 0 saturated carbocycles.